The molecule has 0 radical (unpaired) electrons. The predicted octanol–water partition coefficient (Wildman–Crippen LogP) is 3.41. The van der Waals surface area contributed by atoms with Crippen molar-refractivity contribution < 1.29 is 9.59 Å². The summed E-state index contributed by atoms with van der Waals surface area (Å²) in [4.78, 5) is 24.0. The van der Waals surface area contributed by atoms with Gasteiger partial charge in [0.15, 0.2) is 5.78 Å². The molecule has 0 unspecified atom stereocenters. The molecule has 0 fully saturated rings. The Morgan fingerprint density at radius 2 is 2.00 bits per heavy atom. The van der Waals surface area contributed by atoms with Gasteiger partial charge in [-0.05, 0) is 35.9 Å². The molecule has 0 spiro atoms. The standard InChI is InChI=1S/C15H10BrClN2O2/c16-11-2-1-8(18)5-9(11)15(21)10-3-7-4-14(20)19-13(7)6-12(10)17/h1-3,5-6H,4,18H2,(H,19,20). The largest absolute Gasteiger partial charge is 0.399 e. The van der Waals surface area contributed by atoms with Crippen molar-refractivity contribution in [2.45, 2.75) is 6.42 Å². The second-order valence-corrected chi connectivity index (χ2v) is 6.04. The zero-order chi connectivity index (χ0) is 15.1. The number of amides is 1. The minimum atomic E-state index is -0.235. The van der Waals surface area contributed by atoms with Gasteiger partial charge in [0.25, 0.3) is 0 Å². The van der Waals surface area contributed by atoms with E-state index in [-0.39, 0.29) is 18.1 Å². The molecule has 106 valence electrons. The van der Waals surface area contributed by atoms with Crippen LogP contribution in [0, 0.1) is 0 Å². The number of halogens is 2. The quantitative estimate of drug-likeness (QED) is 0.633. The van der Waals surface area contributed by atoms with E-state index in [0.29, 0.717) is 32.0 Å². The highest BCUT2D eigenvalue weighted by atomic mass is 79.9. The molecule has 1 amide bonds. The Balaban J connectivity index is 2.09. The van der Waals surface area contributed by atoms with E-state index < -0.39 is 0 Å². The number of hydrogen-bond acceptors (Lipinski definition) is 3. The zero-order valence-electron chi connectivity index (χ0n) is 10.7. The molecule has 1 heterocycles. The van der Waals surface area contributed by atoms with Gasteiger partial charge >= 0.3 is 0 Å². The molecule has 0 atom stereocenters. The maximum absolute atomic E-state index is 12.6. The Morgan fingerprint density at radius 3 is 2.76 bits per heavy atom. The maximum Gasteiger partial charge on any atom is 0.228 e. The lowest BCUT2D eigenvalue weighted by Crippen LogP contribution is -2.05. The van der Waals surface area contributed by atoms with Crippen molar-refractivity contribution in [3.8, 4) is 0 Å². The van der Waals surface area contributed by atoms with Crippen LogP contribution in [0.5, 0.6) is 0 Å². The molecule has 3 N–H and O–H groups in total. The molecule has 21 heavy (non-hydrogen) atoms. The lowest BCUT2D eigenvalue weighted by Gasteiger charge is -2.09. The number of fused-ring (bicyclic) bond motifs is 1. The molecule has 3 rings (SSSR count). The number of carbonyl (C=O) groups is 2. The summed E-state index contributed by atoms with van der Waals surface area (Å²) in [5, 5.41) is 3.00. The highest BCUT2D eigenvalue weighted by molar-refractivity contribution is 9.10. The summed E-state index contributed by atoms with van der Waals surface area (Å²) < 4.78 is 0.646. The van der Waals surface area contributed by atoms with Gasteiger partial charge in [-0.25, -0.2) is 0 Å². The van der Waals surface area contributed by atoms with E-state index in [1.165, 1.54) is 0 Å². The number of nitrogen functional groups attached to an aromatic ring is 1. The second kappa shape index (κ2) is 5.16. The fourth-order valence-electron chi connectivity index (χ4n) is 2.28. The second-order valence-electron chi connectivity index (χ2n) is 4.78. The molecule has 0 aliphatic carbocycles. The van der Waals surface area contributed by atoms with E-state index in [1.807, 2.05) is 0 Å². The number of nitrogens with one attached hydrogen (secondary N) is 1. The van der Waals surface area contributed by atoms with Crippen LogP contribution in [0.3, 0.4) is 0 Å². The highest BCUT2D eigenvalue weighted by Crippen LogP contribution is 2.32. The minimum Gasteiger partial charge on any atom is -0.399 e. The van der Waals surface area contributed by atoms with Crippen LogP contribution >= 0.6 is 27.5 Å². The van der Waals surface area contributed by atoms with Crippen LogP contribution in [-0.2, 0) is 11.2 Å². The monoisotopic (exact) mass is 364 g/mol. The topological polar surface area (TPSA) is 72.2 Å². The average Bonchev–Trinajstić information content (AvgIpc) is 2.79. The molecule has 1 aliphatic rings. The molecular weight excluding hydrogens is 356 g/mol. The van der Waals surface area contributed by atoms with Crippen LogP contribution in [0.1, 0.15) is 21.5 Å². The summed E-state index contributed by atoms with van der Waals surface area (Å²) in [6.07, 6.45) is 0.255. The molecule has 2 aromatic rings. The predicted molar refractivity (Wildman–Crippen MR) is 85.8 cm³/mol. The van der Waals surface area contributed by atoms with Crippen LogP contribution < -0.4 is 11.1 Å². The van der Waals surface area contributed by atoms with Crippen LogP contribution in [0.2, 0.25) is 5.02 Å². The van der Waals surface area contributed by atoms with Crippen LogP contribution in [-0.4, -0.2) is 11.7 Å². The molecule has 0 aromatic heterocycles. The van der Waals surface area contributed by atoms with E-state index in [0.717, 1.165) is 5.56 Å². The van der Waals surface area contributed by atoms with Crippen molar-refractivity contribution in [1.82, 2.24) is 0 Å². The fraction of sp³-hybridized carbons (Fsp3) is 0.0667. The summed E-state index contributed by atoms with van der Waals surface area (Å²) in [6, 6.07) is 8.28. The van der Waals surface area contributed by atoms with Gasteiger partial charge in [-0.15, -0.1) is 0 Å². The third-order valence-corrected chi connectivity index (χ3v) is 4.30. The SMILES string of the molecule is Nc1ccc(Br)c(C(=O)c2cc3c(cc2Cl)NC(=O)C3)c1. The number of anilines is 2. The Bertz CT molecular complexity index is 789. The van der Waals surface area contributed by atoms with Crippen molar-refractivity contribution >= 4 is 50.6 Å². The molecule has 2 aromatic carbocycles. The summed E-state index contributed by atoms with van der Waals surface area (Å²) in [5.41, 5.74) is 8.46. The molecule has 0 saturated carbocycles. The van der Waals surface area contributed by atoms with Gasteiger partial charge in [0, 0.05) is 27.0 Å². The maximum atomic E-state index is 12.6. The summed E-state index contributed by atoms with van der Waals surface area (Å²) in [5.74, 6) is -0.336. The van der Waals surface area contributed by atoms with Crippen LogP contribution in [0.15, 0.2) is 34.8 Å². The van der Waals surface area contributed by atoms with E-state index in [2.05, 4.69) is 21.2 Å². The molecule has 1 aliphatic heterocycles. The fourth-order valence-corrected chi connectivity index (χ4v) is 2.96. The summed E-state index contributed by atoms with van der Waals surface area (Å²) in [6.45, 7) is 0. The first kappa shape index (κ1) is 14.1. The van der Waals surface area contributed by atoms with E-state index >= 15 is 0 Å². The van der Waals surface area contributed by atoms with Crippen molar-refractivity contribution in [1.29, 1.82) is 0 Å². The summed E-state index contributed by atoms with van der Waals surface area (Å²) in [7, 11) is 0. The van der Waals surface area contributed by atoms with Gasteiger partial charge in [0.1, 0.15) is 0 Å². The lowest BCUT2D eigenvalue weighted by atomic mass is 9.99. The molecule has 0 saturated heterocycles. The zero-order valence-corrected chi connectivity index (χ0v) is 13.1. The van der Waals surface area contributed by atoms with Gasteiger partial charge in [0.2, 0.25) is 5.91 Å². The molecule has 0 bridgehead atoms. The number of carbonyl (C=O) groups excluding carboxylic acids is 2. The van der Waals surface area contributed by atoms with E-state index in [1.54, 1.807) is 30.3 Å². The van der Waals surface area contributed by atoms with Crippen LogP contribution in [0.25, 0.3) is 0 Å². The third-order valence-electron chi connectivity index (χ3n) is 3.30. The number of nitrogens with two attached hydrogens (primary N) is 1. The summed E-state index contributed by atoms with van der Waals surface area (Å²) >= 11 is 9.51. The van der Waals surface area contributed by atoms with Crippen molar-refractivity contribution in [3.63, 3.8) is 0 Å². The van der Waals surface area contributed by atoms with E-state index in [4.69, 9.17) is 17.3 Å². The lowest BCUT2D eigenvalue weighted by molar-refractivity contribution is -0.115. The van der Waals surface area contributed by atoms with Crippen molar-refractivity contribution in [3.05, 3.63) is 56.5 Å². The molecule has 4 nitrogen and oxygen atoms in total. The van der Waals surface area contributed by atoms with Gasteiger partial charge < -0.3 is 11.1 Å². The first-order valence-corrected chi connectivity index (χ1v) is 7.35. The van der Waals surface area contributed by atoms with Crippen LogP contribution in [0.4, 0.5) is 11.4 Å². The number of rotatable bonds is 2. The smallest absolute Gasteiger partial charge is 0.228 e. The van der Waals surface area contributed by atoms with Gasteiger partial charge in [-0.1, -0.05) is 27.5 Å². The Labute approximate surface area is 134 Å². The third kappa shape index (κ3) is 2.54. The molecule has 6 heteroatoms. The minimum absolute atomic E-state index is 0.101. The first-order chi connectivity index (χ1) is 9.95. The number of ketones is 1. The molecular formula is C15H10BrClN2O2. The van der Waals surface area contributed by atoms with Gasteiger partial charge in [-0.3, -0.25) is 9.59 Å². The average molecular weight is 366 g/mol. The normalized spacial score (nSPS) is 13.0. The number of hydrogen-bond donors (Lipinski definition) is 2. The van der Waals surface area contributed by atoms with E-state index in [9.17, 15) is 9.59 Å². The Kier molecular flexibility index (Phi) is 3.47. The first-order valence-electron chi connectivity index (χ1n) is 6.17. The highest BCUT2D eigenvalue weighted by Gasteiger charge is 2.23. The number of benzene rings is 2. The van der Waals surface area contributed by atoms with Crippen molar-refractivity contribution in [2.75, 3.05) is 11.1 Å². The Hall–Kier alpha value is -1.85. The Morgan fingerprint density at radius 1 is 1.24 bits per heavy atom. The van der Waals surface area contributed by atoms with Gasteiger partial charge in [-0.2, -0.15) is 0 Å². The van der Waals surface area contributed by atoms with Crippen molar-refractivity contribution in [2.24, 2.45) is 0 Å². The van der Waals surface area contributed by atoms with Gasteiger partial charge in [0.05, 0.1) is 11.4 Å².